The standard InChI is InChI=1S/C17H24ClNO/c1-4-19(5-2)17(10-6-7-11-17)16(20)14-9-8-13(3)15(18)12-14/h8-9,12H,4-7,10-11H2,1-3H3. The lowest BCUT2D eigenvalue weighted by molar-refractivity contribution is 0.0584. The van der Waals surface area contributed by atoms with E-state index in [1.54, 1.807) is 0 Å². The number of hydrogen-bond donors (Lipinski definition) is 0. The predicted molar refractivity (Wildman–Crippen MR) is 84.6 cm³/mol. The Morgan fingerprint density at radius 2 is 1.85 bits per heavy atom. The smallest absolute Gasteiger partial charge is 0.183 e. The molecular formula is C17H24ClNO. The SMILES string of the molecule is CCN(CC)C1(C(=O)c2ccc(C)c(Cl)c2)CCCC1. The number of ketones is 1. The molecule has 1 saturated carbocycles. The molecule has 3 heteroatoms. The molecule has 1 aromatic carbocycles. The van der Waals surface area contributed by atoms with Crippen molar-refractivity contribution in [3.8, 4) is 0 Å². The van der Waals surface area contributed by atoms with Crippen LogP contribution in [0.4, 0.5) is 0 Å². The van der Waals surface area contributed by atoms with Gasteiger partial charge in [0.2, 0.25) is 0 Å². The number of hydrogen-bond acceptors (Lipinski definition) is 2. The van der Waals surface area contributed by atoms with E-state index >= 15 is 0 Å². The van der Waals surface area contributed by atoms with E-state index < -0.39 is 0 Å². The number of rotatable bonds is 5. The van der Waals surface area contributed by atoms with E-state index in [0.717, 1.165) is 49.9 Å². The highest BCUT2D eigenvalue weighted by Crippen LogP contribution is 2.38. The van der Waals surface area contributed by atoms with E-state index in [1.807, 2.05) is 25.1 Å². The summed E-state index contributed by atoms with van der Waals surface area (Å²) in [6.07, 6.45) is 4.22. The van der Waals surface area contributed by atoms with Crippen LogP contribution in [0.5, 0.6) is 0 Å². The van der Waals surface area contributed by atoms with E-state index in [2.05, 4.69) is 18.7 Å². The van der Waals surface area contributed by atoms with E-state index in [9.17, 15) is 4.79 Å². The van der Waals surface area contributed by atoms with Crippen LogP contribution in [0.15, 0.2) is 18.2 Å². The summed E-state index contributed by atoms with van der Waals surface area (Å²) in [6, 6.07) is 5.70. The minimum atomic E-state index is -0.303. The molecule has 110 valence electrons. The molecule has 2 nitrogen and oxygen atoms in total. The largest absolute Gasteiger partial charge is 0.292 e. The first-order valence-corrected chi connectivity index (χ1v) is 7.99. The summed E-state index contributed by atoms with van der Waals surface area (Å²) in [5.74, 6) is 0.251. The fraction of sp³-hybridized carbons (Fsp3) is 0.588. The Morgan fingerprint density at radius 3 is 2.35 bits per heavy atom. The highest BCUT2D eigenvalue weighted by Gasteiger charge is 2.45. The number of carbonyl (C=O) groups is 1. The van der Waals surface area contributed by atoms with Crippen molar-refractivity contribution in [2.24, 2.45) is 0 Å². The molecule has 0 N–H and O–H groups in total. The lowest BCUT2D eigenvalue weighted by Gasteiger charge is -2.39. The van der Waals surface area contributed by atoms with Crippen molar-refractivity contribution in [1.29, 1.82) is 0 Å². The van der Waals surface area contributed by atoms with Crippen LogP contribution < -0.4 is 0 Å². The zero-order valence-corrected chi connectivity index (χ0v) is 13.5. The Labute approximate surface area is 127 Å². The summed E-state index contributed by atoms with van der Waals surface area (Å²) < 4.78 is 0. The topological polar surface area (TPSA) is 20.3 Å². The first-order valence-electron chi connectivity index (χ1n) is 7.61. The maximum atomic E-state index is 13.1. The minimum absolute atomic E-state index is 0.251. The summed E-state index contributed by atoms with van der Waals surface area (Å²) >= 11 is 6.19. The normalized spacial score (nSPS) is 17.6. The average Bonchev–Trinajstić information content (AvgIpc) is 2.93. The molecule has 0 heterocycles. The Kier molecular flexibility index (Phi) is 4.87. The van der Waals surface area contributed by atoms with E-state index in [4.69, 9.17) is 11.6 Å². The molecule has 0 saturated heterocycles. The molecular weight excluding hydrogens is 270 g/mol. The first-order chi connectivity index (χ1) is 9.55. The van der Waals surface area contributed by atoms with Crippen molar-refractivity contribution in [1.82, 2.24) is 4.90 Å². The van der Waals surface area contributed by atoms with Gasteiger partial charge in [0.15, 0.2) is 5.78 Å². The van der Waals surface area contributed by atoms with Gasteiger partial charge >= 0.3 is 0 Å². The van der Waals surface area contributed by atoms with Gasteiger partial charge < -0.3 is 0 Å². The summed E-state index contributed by atoms with van der Waals surface area (Å²) in [7, 11) is 0. The molecule has 0 unspecified atom stereocenters. The van der Waals surface area contributed by atoms with Gasteiger partial charge in [0.05, 0.1) is 5.54 Å². The van der Waals surface area contributed by atoms with E-state index in [0.29, 0.717) is 5.02 Å². The molecule has 2 rings (SSSR count). The summed E-state index contributed by atoms with van der Waals surface area (Å²) in [4.78, 5) is 15.4. The van der Waals surface area contributed by atoms with Crippen LogP contribution in [0.2, 0.25) is 5.02 Å². The molecule has 1 aliphatic rings. The molecule has 20 heavy (non-hydrogen) atoms. The molecule has 1 aromatic rings. The first kappa shape index (κ1) is 15.5. The summed E-state index contributed by atoms with van der Waals surface area (Å²) in [5, 5.41) is 0.684. The van der Waals surface area contributed by atoms with Crippen LogP contribution >= 0.6 is 11.6 Å². The Hall–Kier alpha value is -0.860. The van der Waals surface area contributed by atoms with Crippen LogP contribution in [0.1, 0.15) is 55.5 Å². The number of carbonyl (C=O) groups excluding carboxylic acids is 1. The quantitative estimate of drug-likeness (QED) is 0.746. The molecule has 1 fully saturated rings. The van der Waals surface area contributed by atoms with Crippen molar-refractivity contribution in [3.63, 3.8) is 0 Å². The Balaban J connectivity index is 2.38. The molecule has 0 spiro atoms. The lowest BCUT2D eigenvalue weighted by atomic mass is 9.85. The zero-order chi connectivity index (χ0) is 14.8. The fourth-order valence-electron chi connectivity index (χ4n) is 3.48. The van der Waals surface area contributed by atoms with Crippen LogP contribution in [0.25, 0.3) is 0 Å². The van der Waals surface area contributed by atoms with E-state index in [1.165, 1.54) is 0 Å². The predicted octanol–water partition coefficient (Wildman–Crippen LogP) is 4.49. The van der Waals surface area contributed by atoms with Gasteiger partial charge in [0.1, 0.15) is 0 Å². The van der Waals surface area contributed by atoms with Gasteiger partial charge in [-0.15, -0.1) is 0 Å². The van der Waals surface area contributed by atoms with Crippen molar-refractivity contribution in [3.05, 3.63) is 34.3 Å². The highest BCUT2D eigenvalue weighted by atomic mass is 35.5. The minimum Gasteiger partial charge on any atom is -0.292 e. The summed E-state index contributed by atoms with van der Waals surface area (Å²) in [5.41, 5.74) is 1.48. The molecule has 0 aromatic heterocycles. The molecule has 0 atom stereocenters. The van der Waals surface area contributed by atoms with Gasteiger partial charge in [-0.25, -0.2) is 0 Å². The third-order valence-electron chi connectivity index (χ3n) is 4.66. The molecule has 1 aliphatic carbocycles. The van der Waals surface area contributed by atoms with Gasteiger partial charge in [-0.1, -0.05) is 50.4 Å². The van der Waals surface area contributed by atoms with Gasteiger partial charge in [-0.3, -0.25) is 9.69 Å². The Bertz CT molecular complexity index is 488. The van der Waals surface area contributed by atoms with Crippen LogP contribution in [-0.2, 0) is 0 Å². The van der Waals surface area contributed by atoms with Crippen molar-refractivity contribution >= 4 is 17.4 Å². The second-order valence-electron chi connectivity index (χ2n) is 5.70. The van der Waals surface area contributed by atoms with E-state index in [-0.39, 0.29) is 11.3 Å². The van der Waals surface area contributed by atoms with Crippen molar-refractivity contribution in [2.45, 2.75) is 52.0 Å². The summed E-state index contributed by atoms with van der Waals surface area (Å²) in [6.45, 7) is 8.08. The van der Waals surface area contributed by atoms with Crippen LogP contribution in [0.3, 0.4) is 0 Å². The van der Waals surface area contributed by atoms with Crippen molar-refractivity contribution in [2.75, 3.05) is 13.1 Å². The number of aryl methyl sites for hydroxylation is 1. The molecule has 0 aliphatic heterocycles. The second-order valence-corrected chi connectivity index (χ2v) is 6.11. The molecule has 0 amide bonds. The van der Waals surface area contributed by atoms with Gasteiger partial charge in [-0.05, 0) is 44.5 Å². The fourth-order valence-corrected chi connectivity index (χ4v) is 3.66. The maximum absolute atomic E-state index is 13.1. The molecule has 0 bridgehead atoms. The van der Waals surface area contributed by atoms with Gasteiger partial charge in [0, 0.05) is 10.6 Å². The van der Waals surface area contributed by atoms with Crippen LogP contribution in [-0.4, -0.2) is 29.3 Å². The molecule has 0 radical (unpaired) electrons. The third-order valence-corrected chi connectivity index (χ3v) is 5.06. The third kappa shape index (κ3) is 2.64. The van der Waals surface area contributed by atoms with Crippen molar-refractivity contribution < 1.29 is 4.79 Å². The average molecular weight is 294 g/mol. The maximum Gasteiger partial charge on any atom is 0.183 e. The van der Waals surface area contributed by atoms with Gasteiger partial charge in [0.25, 0.3) is 0 Å². The number of nitrogens with zero attached hydrogens (tertiary/aromatic N) is 1. The monoisotopic (exact) mass is 293 g/mol. The Morgan fingerprint density at radius 1 is 1.25 bits per heavy atom. The number of halogens is 1. The zero-order valence-electron chi connectivity index (χ0n) is 12.7. The second kappa shape index (κ2) is 6.28. The van der Waals surface area contributed by atoms with Gasteiger partial charge in [-0.2, -0.15) is 0 Å². The van der Waals surface area contributed by atoms with Crippen LogP contribution in [0, 0.1) is 6.92 Å². The number of likely N-dealkylation sites (N-methyl/N-ethyl adjacent to an activating group) is 1. The highest BCUT2D eigenvalue weighted by molar-refractivity contribution is 6.31. The number of Topliss-reactive ketones (excluding diaryl/α,β-unsaturated/α-hetero) is 1. The number of benzene rings is 1. The lowest BCUT2D eigenvalue weighted by Crippen LogP contribution is -2.52.